The lowest BCUT2D eigenvalue weighted by atomic mass is 10.3. The zero-order chi connectivity index (χ0) is 11.8. The summed E-state index contributed by atoms with van der Waals surface area (Å²) in [6.07, 6.45) is 1.75. The fourth-order valence-electron chi connectivity index (χ4n) is 2.07. The molecule has 0 spiro atoms. The van der Waals surface area contributed by atoms with E-state index in [9.17, 15) is 9.90 Å². The summed E-state index contributed by atoms with van der Waals surface area (Å²) < 4.78 is 1.64. The molecule has 0 atom stereocenters. The van der Waals surface area contributed by atoms with Gasteiger partial charge in [0.15, 0.2) is 16.5 Å². The number of rotatable bonds is 2. The van der Waals surface area contributed by atoms with Gasteiger partial charge in [-0.2, -0.15) is 0 Å². The standard InChI is InChI=1S/C10H12N4O2S/c15-9(16)7-8(13-3-1-11-2-4-13)12-10-14(7)5-6-17-10/h5-6,11H,1-4H2,(H,15,16). The molecule has 0 aliphatic carbocycles. The van der Waals surface area contributed by atoms with Crippen molar-refractivity contribution in [2.45, 2.75) is 0 Å². The van der Waals surface area contributed by atoms with E-state index in [0.717, 1.165) is 31.1 Å². The first-order valence-corrected chi connectivity index (χ1v) is 6.30. The second kappa shape index (κ2) is 4.01. The highest BCUT2D eigenvalue weighted by Gasteiger charge is 2.24. The van der Waals surface area contributed by atoms with Crippen LogP contribution in [0.1, 0.15) is 10.5 Å². The molecule has 1 saturated heterocycles. The molecule has 6 nitrogen and oxygen atoms in total. The summed E-state index contributed by atoms with van der Waals surface area (Å²) >= 11 is 1.45. The highest BCUT2D eigenvalue weighted by atomic mass is 32.1. The first kappa shape index (κ1) is 10.5. The molecule has 90 valence electrons. The molecule has 7 heteroatoms. The van der Waals surface area contributed by atoms with E-state index in [4.69, 9.17) is 0 Å². The van der Waals surface area contributed by atoms with Crippen molar-refractivity contribution in [2.75, 3.05) is 31.1 Å². The number of piperazine rings is 1. The van der Waals surface area contributed by atoms with Gasteiger partial charge in [0, 0.05) is 37.8 Å². The van der Waals surface area contributed by atoms with Crippen LogP contribution in [0.2, 0.25) is 0 Å². The predicted molar refractivity (Wildman–Crippen MR) is 65.1 cm³/mol. The molecule has 2 aromatic rings. The fraction of sp³-hybridized carbons (Fsp3) is 0.400. The molecule has 1 fully saturated rings. The van der Waals surface area contributed by atoms with Crippen molar-refractivity contribution in [3.8, 4) is 0 Å². The number of fused-ring (bicyclic) bond motifs is 1. The van der Waals surface area contributed by atoms with Crippen LogP contribution < -0.4 is 10.2 Å². The number of carbonyl (C=O) groups is 1. The summed E-state index contributed by atoms with van der Waals surface area (Å²) in [6, 6.07) is 0. The van der Waals surface area contributed by atoms with Gasteiger partial charge in [0.2, 0.25) is 0 Å². The molecular weight excluding hydrogens is 240 g/mol. The van der Waals surface area contributed by atoms with Crippen LogP contribution >= 0.6 is 11.3 Å². The molecule has 0 saturated carbocycles. The first-order chi connectivity index (χ1) is 8.27. The lowest BCUT2D eigenvalue weighted by Crippen LogP contribution is -2.44. The molecule has 0 amide bonds. The van der Waals surface area contributed by atoms with Crippen molar-refractivity contribution in [3.05, 3.63) is 17.3 Å². The van der Waals surface area contributed by atoms with Crippen molar-refractivity contribution < 1.29 is 9.90 Å². The Bertz CT molecular complexity index is 556. The van der Waals surface area contributed by atoms with Crippen LogP contribution in [0.15, 0.2) is 11.6 Å². The molecular formula is C10H12N4O2S. The summed E-state index contributed by atoms with van der Waals surface area (Å²) in [5.41, 5.74) is 0.267. The Morgan fingerprint density at radius 2 is 2.24 bits per heavy atom. The number of hydrogen-bond donors (Lipinski definition) is 2. The van der Waals surface area contributed by atoms with E-state index in [1.54, 1.807) is 10.6 Å². The Morgan fingerprint density at radius 3 is 2.94 bits per heavy atom. The number of hydrogen-bond acceptors (Lipinski definition) is 5. The minimum absolute atomic E-state index is 0.267. The number of nitrogens with zero attached hydrogens (tertiary/aromatic N) is 3. The lowest BCUT2D eigenvalue weighted by molar-refractivity contribution is 0.0690. The van der Waals surface area contributed by atoms with Crippen LogP contribution in [0, 0.1) is 0 Å². The zero-order valence-electron chi connectivity index (χ0n) is 9.09. The van der Waals surface area contributed by atoms with Crippen molar-refractivity contribution in [3.63, 3.8) is 0 Å². The van der Waals surface area contributed by atoms with Gasteiger partial charge in [0.05, 0.1) is 0 Å². The van der Waals surface area contributed by atoms with Crippen LogP contribution in [-0.2, 0) is 0 Å². The monoisotopic (exact) mass is 252 g/mol. The van der Waals surface area contributed by atoms with E-state index in [1.165, 1.54) is 11.3 Å². The Kier molecular flexibility index (Phi) is 2.49. The van der Waals surface area contributed by atoms with Crippen LogP contribution in [0.4, 0.5) is 5.82 Å². The van der Waals surface area contributed by atoms with Crippen LogP contribution in [0.3, 0.4) is 0 Å². The van der Waals surface area contributed by atoms with Gasteiger partial charge in [0.1, 0.15) is 0 Å². The average molecular weight is 252 g/mol. The van der Waals surface area contributed by atoms with Gasteiger partial charge < -0.3 is 15.3 Å². The zero-order valence-corrected chi connectivity index (χ0v) is 9.90. The molecule has 1 aliphatic rings. The molecule has 0 aromatic carbocycles. The third-order valence-corrected chi connectivity index (χ3v) is 3.62. The Hall–Kier alpha value is -1.60. The maximum absolute atomic E-state index is 11.3. The molecule has 0 bridgehead atoms. The van der Waals surface area contributed by atoms with Crippen molar-refractivity contribution in [1.82, 2.24) is 14.7 Å². The topological polar surface area (TPSA) is 69.9 Å². The maximum atomic E-state index is 11.3. The number of carboxylic acids is 1. The van der Waals surface area contributed by atoms with Crippen molar-refractivity contribution in [1.29, 1.82) is 0 Å². The van der Waals surface area contributed by atoms with E-state index in [2.05, 4.69) is 10.3 Å². The normalized spacial score (nSPS) is 16.6. The molecule has 2 N–H and O–H groups in total. The smallest absolute Gasteiger partial charge is 0.356 e. The number of carboxylic acid groups (broad SMARTS) is 1. The third-order valence-electron chi connectivity index (χ3n) is 2.86. The minimum atomic E-state index is -0.926. The molecule has 0 radical (unpaired) electrons. The van der Waals surface area contributed by atoms with Crippen molar-refractivity contribution >= 4 is 28.1 Å². The molecule has 0 unspecified atom stereocenters. The average Bonchev–Trinajstić information content (AvgIpc) is 2.88. The molecule has 1 aliphatic heterocycles. The van der Waals surface area contributed by atoms with Crippen LogP contribution in [0.25, 0.3) is 4.96 Å². The number of aromatic carboxylic acids is 1. The van der Waals surface area contributed by atoms with Crippen molar-refractivity contribution in [2.24, 2.45) is 0 Å². The summed E-state index contributed by atoms with van der Waals surface area (Å²) in [5.74, 6) is -0.338. The van der Waals surface area contributed by atoms with E-state index in [1.807, 2.05) is 10.3 Å². The number of anilines is 1. The van der Waals surface area contributed by atoms with Gasteiger partial charge >= 0.3 is 5.97 Å². The summed E-state index contributed by atoms with van der Waals surface area (Å²) in [6.45, 7) is 3.32. The fourth-order valence-corrected chi connectivity index (χ4v) is 2.78. The summed E-state index contributed by atoms with van der Waals surface area (Å²) in [4.78, 5) is 18.5. The Morgan fingerprint density at radius 1 is 1.47 bits per heavy atom. The number of imidazole rings is 1. The van der Waals surface area contributed by atoms with Crippen LogP contribution in [0.5, 0.6) is 0 Å². The quantitative estimate of drug-likeness (QED) is 0.814. The third kappa shape index (κ3) is 1.67. The van der Waals surface area contributed by atoms with E-state index in [-0.39, 0.29) is 5.69 Å². The second-order valence-electron chi connectivity index (χ2n) is 3.88. The highest BCUT2D eigenvalue weighted by molar-refractivity contribution is 7.15. The predicted octanol–water partition coefficient (Wildman–Crippen LogP) is 0.504. The molecule has 3 heterocycles. The Labute approximate surface area is 101 Å². The van der Waals surface area contributed by atoms with Gasteiger partial charge in [-0.1, -0.05) is 0 Å². The summed E-state index contributed by atoms with van der Waals surface area (Å²) in [7, 11) is 0. The minimum Gasteiger partial charge on any atom is -0.476 e. The van der Waals surface area contributed by atoms with Crippen LogP contribution in [-0.4, -0.2) is 46.6 Å². The molecule has 3 rings (SSSR count). The molecule has 17 heavy (non-hydrogen) atoms. The molecule has 2 aromatic heterocycles. The number of thiazole rings is 1. The van der Waals surface area contributed by atoms with E-state index >= 15 is 0 Å². The SMILES string of the molecule is O=C(O)c1c(N2CCNCC2)nc2sccn12. The summed E-state index contributed by atoms with van der Waals surface area (Å²) in [5, 5.41) is 14.4. The second-order valence-corrected chi connectivity index (χ2v) is 4.75. The number of aromatic nitrogens is 2. The Balaban J connectivity index is 2.10. The lowest BCUT2D eigenvalue weighted by Gasteiger charge is -2.27. The largest absolute Gasteiger partial charge is 0.476 e. The van der Waals surface area contributed by atoms with Gasteiger partial charge in [-0.3, -0.25) is 4.40 Å². The first-order valence-electron chi connectivity index (χ1n) is 5.42. The van der Waals surface area contributed by atoms with E-state index in [0.29, 0.717) is 5.82 Å². The van der Waals surface area contributed by atoms with Gasteiger partial charge in [-0.05, 0) is 0 Å². The highest BCUT2D eigenvalue weighted by Crippen LogP contribution is 2.24. The number of nitrogens with one attached hydrogen (secondary N) is 1. The van der Waals surface area contributed by atoms with Gasteiger partial charge in [0.25, 0.3) is 0 Å². The van der Waals surface area contributed by atoms with E-state index < -0.39 is 5.97 Å². The van der Waals surface area contributed by atoms with Gasteiger partial charge in [-0.15, -0.1) is 11.3 Å². The van der Waals surface area contributed by atoms with Gasteiger partial charge in [-0.25, -0.2) is 9.78 Å². The maximum Gasteiger partial charge on any atom is 0.356 e.